The molecule has 1 unspecified atom stereocenters. The number of aryl methyl sites for hydroxylation is 1. The largest absolute Gasteiger partial charge is 0.462 e. The summed E-state index contributed by atoms with van der Waals surface area (Å²) in [6.07, 6.45) is 3.65. The lowest BCUT2D eigenvalue weighted by atomic mass is 9.95. The molecular formula is C35H37N3O5S. The number of hydrogen-bond donors (Lipinski definition) is 1. The summed E-state index contributed by atoms with van der Waals surface area (Å²) >= 11 is 1.42. The molecule has 0 bridgehead atoms. The van der Waals surface area contributed by atoms with Crippen LogP contribution in [0.3, 0.4) is 0 Å². The van der Waals surface area contributed by atoms with Gasteiger partial charge in [-0.2, -0.15) is 0 Å². The standard InChI is InChI=1S/C35H37N3O5S/c1-3-28(32(39)37-33-31(34(40)42-4-2)24-15-9-11-17-29(24)44-33)43-35(41)30-23-14-8-10-16-26(23)36-27-18-19-38(21-25(27)30)20-22-12-6-5-7-13-22/h5-8,10,12-14,16,28H,3-4,9,11,15,17-21H2,1-2H3,(H,37,39). The third-order valence-corrected chi connectivity index (χ3v) is 9.59. The molecule has 4 aromatic rings. The smallest absolute Gasteiger partial charge is 0.341 e. The van der Waals surface area contributed by atoms with E-state index >= 15 is 0 Å². The van der Waals surface area contributed by atoms with E-state index < -0.39 is 23.9 Å². The molecule has 0 saturated heterocycles. The van der Waals surface area contributed by atoms with Crippen LogP contribution in [0.4, 0.5) is 5.00 Å². The Morgan fingerprint density at radius 3 is 2.50 bits per heavy atom. The Hall–Kier alpha value is -4.08. The van der Waals surface area contributed by atoms with Crippen LogP contribution in [0.25, 0.3) is 10.9 Å². The maximum atomic E-state index is 14.0. The van der Waals surface area contributed by atoms with Crippen LogP contribution in [-0.2, 0) is 46.6 Å². The number of nitrogens with one attached hydrogen (secondary N) is 1. The Labute approximate surface area is 261 Å². The van der Waals surface area contributed by atoms with Crippen LogP contribution >= 0.6 is 11.3 Å². The summed E-state index contributed by atoms with van der Waals surface area (Å²) < 4.78 is 11.3. The summed E-state index contributed by atoms with van der Waals surface area (Å²) in [6, 6.07) is 17.9. The highest BCUT2D eigenvalue weighted by Crippen LogP contribution is 2.39. The third-order valence-electron chi connectivity index (χ3n) is 8.38. The molecule has 1 aliphatic heterocycles. The minimum absolute atomic E-state index is 0.249. The molecule has 0 saturated carbocycles. The van der Waals surface area contributed by atoms with E-state index in [1.165, 1.54) is 16.9 Å². The SMILES string of the molecule is CCOC(=O)c1c(NC(=O)C(CC)OC(=O)c2c3c(nc4ccccc24)CCN(Cc2ccccc2)C3)sc2c1CCCC2. The van der Waals surface area contributed by atoms with Crippen LogP contribution in [0.15, 0.2) is 54.6 Å². The van der Waals surface area contributed by atoms with Gasteiger partial charge in [0.2, 0.25) is 0 Å². The lowest BCUT2D eigenvalue weighted by molar-refractivity contribution is -0.124. The minimum Gasteiger partial charge on any atom is -0.462 e. The van der Waals surface area contributed by atoms with Crippen molar-refractivity contribution in [2.24, 2.45) is 0 Å². The first-order valence-corrected chi connectivity index (χ1v) is 16.3. The van der Waals surface area contributed by atoms with Crippen molar-refractivity contribution in [3.05, 3.63) is 93.0 Å². The zero-order chi connectivity index (χ0) is 30.6. The number of rotatable bonds is 9. The fourth-order valence-corrected chi connectivity index (χ4v) is 7.51. The van der Waals surface area contributed by atoms with Gasteiger partial charge in [-0.3, -0.25) is 14.7 Å². The van der Waals surface area contributed by atoms with E-state index in [0.29, 0.717) is 34.5 Å². The van der Waals surface area contributed by atoms with Crippen molar-refractivity contribution in [2.45, 2.75) is 71.6 Å². The fourth-order valence-electron chi connectivity index (χ4n) is 6.23. The molecule has 8 nitrogen and oxygen atoms in total. The van der Waals surface area contributed by atoms with Gasteiger partial charge in [-0.25, -0.2) is 9.59 Å². The van der Waals surface area contributed by atoms with Crippen molar-refractivity contribution < 1.29 is 23.9 Å². The molecule has 1 aliphatic carbocycles. The number of benzene rings is 2. The topological polar surface area (TPSA) is 97.8 Å². The quantitative estimate of drug-likeness (QED) is 0.216. The minimum atomic E-state index is -1.04. The Morgan fingerprint density at radius 1 is 0.932 bits per heavy atom. The Kier molecular flexibility index (Phi) is 9.04. The number of ether oxygens (including phenoxy) is 2. The molecule has 1 N–H and O–H groups in total. The molecule has 0 fully saturated rings. The number of amides is 1. The van der Waals surface area contributed by atoms with Gasteiger partial charge in [0.1, 0.15) is 5.00 Å². The van der Waals surface area contributed by atoms with Crippen LogP contribution in [-0.4, -0.2) is 47.0 Å². The second-order valence-electron chi connectivity index (χ2n) is 11.3. The second-order valence-corrected chi connectivity index (χ2v) is 12.4. The number of carbonyl (C=O) groups is 3. The number of nitrogens with zero attached hydrogens (tertiary/aromatic N) is 2. The summed E-state index contributed by atoms with van der Waals surface area (Å²) in [5.74, 6) is -1.43. The number of carbonyl (C=O) groups excluding carboxylic acids is 3. The summed E-state index contributed by atoms with van der Waals surface area (Å²) in [4.78, 5) is 48.9. The third kappa shape index (κ3) is 6.12. The molecule has 9 heteroatoms. The van der Waals surface area contributed by atoms with Crippen molar-refractivity contribution in [3.8, 4) is 0 Å². The highest BCUT2D eigenvalue weighted by atomic mass is 32.1. The number of anilines is 1. The first kappa shape index (κ1) is 30.0. The number of thiophene rings is 1. The molecule has 0 spiro atoms. The van der Waals surface area contributed by atoms with Gasteiger partial charge in [-0.1, -0.05) is 55.5 Å². The molecule has 6 rings (SSSR count). The van der Waals surface area contributed by atoms with Crippen molar-refractivity contribution >= 4 is 45.1 Å². The van der Waals surface area contributed by atoms with Crippen molar-refractivity contribution in [2.75, 3.05) is 18.5 Å². The van der Waals surface area contributed by atoms with Crippen molar-refractivity contribution in [1.29, 1.82) is 0 Å². The maximum Gasteiger partial charge on any atom is 0.341 e. The van der Waals surface area contributed by atoms with Gasteiger partial charge in [0.15, 0.2) is 6.10 Å². The molecular weight excluding hydrogens is 574 g/mol. The first-order valence-electron chi connectivity index (χ1n) is 15.5. The monoisotopic (exact) mass is 611 g/mol. The predicted octanol–water partition coefficient (Wildman–Crippen LogP) is 6.48. The van der Waals surface area contributed by atoms with E-state index in [9.17, 15) is 14.4 Å². The van der Waals surface area contributed by atoms with Gasteiger partial charge in [-0.05, 0) is 56.2 Å². The number of hydrogen-bond acceptors (Lipinski definition) is 8. The molecule has 0 radical (unpaired) electrons. The lowest BCUT2D eigenvalue weighted by Gasteiger charge is -2.30. The van der Waals surface area contributed by atoms with Gasteiger partial charge in [0.25, 0.3) is 5.91 Å². The van der Waals surface area contributed by atoms with Gasteiger partial charge >= 0.3 is 11.9 Å². The average Bonchev–Trinajstić information content (AvgIpc) is 3.40. The van der Waals surface area contributed by atoms with Crippen LogP contribution < -0.4 is 5.32 Å². The van der Waals surface area contributed by atoms with E-state index in [2.05, 4.69) is 22.3 Å². The maximum absolute atomic E-state index is 14.0. The fraction of sp³-hybridized carbons (Fsp3) is 0.371. The molecule has 1 amide bonds. The molecule has 2 aliphatic rings. The van der Waals surface area contributed by atoms with E-state index in [-0.39, 0.29) is 13.0 Å². The number of pyridine rings is 1. The van der Waals surface area contributed by atoms with Gasteiger partial charge in [0, 0.05) is 47.6 Å². The number of esters is 2. The van der Waals surface area contributed by atoms with Crippen LogP contribution in [0.1, 0.15) is 81.1 Å². The predicted molar refractivity (Wildman–Crippen MR) is 171 cm³/mol. The number of para-hydroxylation sites is 1. The summed E-state index contributed by atoms with van der Waals surface area (Å²) in [6.45, 7) is 5.97. The molecule has 2 aromatic heterocycles. The summed E-state index contributed by atoms with van der Waals surface area (Å²) in [5.41, 5.74) is 5.55. The van der Waals surface area contributed by atoms with E-state index in [0.717, 1.165) is 66.0 Å². The highest BCUT2D eigenvalue weighted by molar-refractivity contribution is 7.17. The molecule has 2 aromatic carbocycles. The number of fused-ring (bicyclic) bond motifs is 3. The molecule has 228 valence electrons. The van der Waals surface area contributed by atoms with Crippen molar-refractivity contribution in [3.63, 3.8) is 0 Å². The zero-order valence-electron chi connectivity index (χ0n) is 25.2. The Balaban J connectivity index is 1.27. The Morgan fingerprint density at radius 2 is 1.70 bits per heavy atom. The molecule has 1 atom stereocenters. The summed E-state index contributed by atoms with van der Waals surface area (Å²) in [7, 11) is 0. The van der Waals surface area contributed by atoms with Crippen LogP contribution in [0.5, 0.6) is 0 Å². The van der Waals surface area contributed by atoms with Gasteiger partial charge in [0.05, 0.1) is 23.3 Å². The van der Waals surface area contributed by atoms with Crippen LogP contribution in [0.2, 0.25) is 0 Å². The van der Waals surface area contributed by atoms with Gasteiger partial charge in [-0.15, -0.1) is 11.3 Å². The average molecular weight is 612 g/mol. The van der Waals surface area contributed by atoms with Gasteiger partial charge < -0.3 is 14.8 Å². The highest BCUT2D eigenvalue weighted by Gasteiger charge is 2.32. The number of aromatic nitrogens is 1. The lowest BCUT2D eigenvalue weighted by Crippen LogP contribution is -2.35. The van der Waals surface area contributed by atoms with E-state index in [1.54, 1.807) is 6.92 Å². The Bertz CT molecular complexity index is 1700. The first-order chi connectivity index (χ1) is 21.5. The van der Waals surface area contributed by atoms with Crippen LogP contribution in [0, 0.1) is 0 Å². The second kappa shape index (κ2) is 13.3. The van der Waals surface area contributed by atoms with E-state index in [4.69, 9.17) is 14.5 Å². The summed E-state index contributed by atoms with van der Waals surface area (Å²) in [5, 5.41) is 4.11. The zero-order valence-corrected chi connectivity index (χ0v) is 26.0. The molecule has 3 heterocycles. The van der Waals surface area contributed by atoms with Crippen molar-refractivity contribution in [1.82, 2.24) is 9.88 Å². The molecule has 44 heavy (non-hydrogen) atoms. The van der Waals surface area contributed by atoms with E-state index in [1.807, 2.05) is 49.4 Å². The normalized spacial score (nSPS) is 15.2.